The molecular formula is C19H21NO5S. The fraction of sp³-hybridized carbons (Fsp3) is 0.316. The zero-order chi connectivity index (χ0) is 19.4. The summed E-state index contributed by atoms with van der Waals surface area (Å²) < 4.78 is 9.81. The molecule has 0 saturated carbocycles. The Morgan fingerprint density at radius 1 is 1.08 bits per heavy atom. The highest BCUT2D eigenvalue weighted by Gasteiger charge is 2.27. The summed E-state index contributed by atoms with van der Waals surface area (Å²) in [5, 5.41) is 2.99. The van der Waals surface area contributed by atoms with Crippen molar-refractivity contribution >= 4 is 34.2 Å². The number of amides is 1. The normalized spacial score (nSPS) is 10.3. The van der Waals surface area contributed by atoms with Gasteiger partial charge < -0.3 is 14.8 Å². The molecule has 0 aliphatic heterocycles. The van der Waals surface area contributed by atoms with Gasteiger partial charge >= 0.3 is 11.9 Å². The predicted molar refractivity (Wildman–Crippen MR) is 100 cm³/mol. The Hall–Kier alpha value is -2.67. The molecule has 0 bridgehead atoms. The summed E-state index contributed by atoms with van der Waals surface area (Å²) in [6.07, 6.45) is 0. The van der Waals surface area contributed by atoms with Gasteiger partial charge in [-0.1, -0.05) is 6.07 Å². The zero-order valence-corrected chi connectivity index (χ0v) is 16.2. The molecule has 0 fully saturated rings. The number of aryl methyl sites for hydroxylation is 2. The first-order valence-corrected chi connectivity index (χ1v) is 8.89. The van der Waals surface area contributed by atoms with E-state index in [1.54, 1.807) is 26.0 Å². The number of benzene rings is 1. The molecule has 138 valence electrons. The third-order valence-corrected chi connectivity index (χ3v) is 5.18. The van der Waals surface area contributed by atoms with Crippen molar-refractivity contribution in [1.82, 2.24) is 0 Å². The average molecular weight is 375 g/mol. The van der Waals surface area contributed by atoms with Crippen molar-refractivity contribution in [2.75, 3.05) is 19.0 Å². The Labute approximate surface area is 156 Å². The molecule has 0 aliphatic carbocycles. The lowest BCUT2D eigenvalue weighted by atomic mass is 10.1. The second-order valence-electron chi connectivity index (χ2n) is 5.73. The first kappa shape index (κ1) is 19.7. The van der Waals surface area contributed by atoms with Crippen molar-refractivity contribution in [2.45, 2.75) is 27.7 Å². The van der Waals surface area contributed by atoms with E-state index >= 15 is 0 Å². The first-order chi connectivity index (χ1) is 12.3. The molecule has 2 rings (SSSR count). The first-order valence-electron chi connectivity index (χ1n) is 8.07. The van der Waals surface area contributed by atoms with Crippen LogP contribution in [-0.4, -0.2) is 31.6 Å². The maximum atomic E-state index is 12.6. The van der Waals surface area contributed by atoms with Crippen LogP contribution in [0.2, 0.25) is 0 Å². The largest absolute Gasteiger partial charge is 0.465 e. The molecule has 1 aromatic carbocycles. The molecule has 2 aromatic rings. The van der Waals surface area contributed by atoms with Gasteiger partial charge in [0.25, 0.3) is 5.91 Å². The second-order valence-corrected chi connectivity index (χ2v) is 6.75. The number of methoxy groups -OCH3 is 1. The van der Waals surface area contributed by atoms with Gasteiger partial charge in [-0.15, -0.1) is 11.3 Å². The molecule has 26 heavy (non-hydrogen) atoms. The number of thiophene rings is 1. The molecule has 1 heterocycles. The lowest BCUT2D eigenvalue weighted by molar-refractivity contribution is 0.0527. The van der Waals surface area contributed by atoms with Crippen LogP contribution in [0, 0.1) is 20.8 Å². The third-order valence-electron chi connectivity index (χ3n) is 3.99. The number of nitrogens with one attached hydrogen (secondary N) is 1. The molecule has 0 unspecified atom stereocenters. The molecule has 0 radical (unpaired) electrons. The number of hydrogen-bond acceptors (Lipinski definition) is 6. The minimum atomic E-state index is -0.591. The van der Waals surface area contributed by atoms with E-state index in [0.29, 0.717) is 11.1 Å². The van der Waals surface area contributed by atoms with Gasteiger partial charge in [-0.05, 0) is 56.5 Å². The summed E-state index contributed by atoms with van der Waals surface area (Å²) in [5.41, 5.74) is 3.13. The number of anilines is 1. The van der Waals surface area contributed by atoms with Crippen molar-refractivity contribution in [2.24, 2.45) is 0 Å². The van der Waals surface area contributed by atoms with E-state index in [1.807, 2.05) is 19.9 Å². The topological polar surface area (TPSA) is 81.7 Å². The number of carbonyl (C=O) groups is 3. The van der Waals surface area contributed by atoms with Crippen LogP contribution in [0.5, 0.6) is 0 Å². The van der Waals surface area contributed by atoms with Gasteiger partial charge in [0.15, 0.2) is 0 Å². The van der Waals surface area contributed by atoms with Crippen molar-refractivity contribution in [3.05, 3.63) is 50.9 Å². The quantitative estimate of drug-likeness (QED) is 0.802. The Morgan fingerprint density at radius 3 is 2.35 bits per heavy atom. The standard InChI is InChI=1S/C19H21NO5S/c1-6-25-18(22)14-12(4)15(19(23)24-5)26-17(14)20-16(21)13-8-7-10(2)11(3)9-13/h7-9H,6H2,1-5H3,(H,20,21). The summed E-state index contributed by atoms with van der Waals surface area (Å²) >= 11 is 0.996. The van der Waals surface area contributed by atoms with E-state index in [0.717, 1.165) is 22.5 Å². The van der Waals surface area contributed by atoms with Crippen LogP contribution in [0.3, 0.4) is 0 Å². The molecule has 0 aliphatic rings. The van der Waals surface area contributed by atoms with Gasteiger partial charge in [-0.25, -0.2) is 9.59 Å². The fourth-order valence-electron chi connectivity index (χ4n) is 2.40. The molecular weight excluding hydrogens is 354 g/mol. The molecule has 1 aromatic heterocycles. The smallest absolute Gasteiger partial charge is 0.348 e. The summed E-state index contributed by atoms with van der Waals surface area (Å²) in [4.78, 5) is 37.1. The molecule has 0 saturated heterocycles. The van der Waals surface area contributed by atoms with Crippen LogP contribution in [0.1, 0.15) is 54.0 Å². The van der Waals surface area contributed by atoms with Crippen LogP contribution in [0.25, 0.3) is 0 Å². The van der Waals surface area contributed by atoms with Gasteiger partial charge in [0, 0.05) is 5.56 Å². The monoisotopic (exact) mass is 375 g/mol. The van der Waals surface area contributed by atoms with E-state index in [-0.39, 0.29) is 28.0 Å². The van der Waals surface area contributed by atoms with Gasteiger partial charge in [-0.3, -0.25) is 4.79 Å². The lowest BCUT2D eigenvalue weighted by Gasteiger charge is -2.08. The minimum Gasteiger partial charge on any atom is -0.465 e. The van der Waals surface area contributed by atoms with Crippen molar-refractivity contribution in [3.8, 4) is 0 Å². The van der Waals surface area contributed by atoms with Crippen LogP contribution in [0.15, 0.2) is 18.2 Å². The van der Waals surface area contributed by atoms with E-state index in [2.05, 4.69) is 5.32 Å². The fourth-order valence-corrected chi connectivity index (χ4v) is 3.50. The summed E-state index contributed by atoms with van der Waals surface area (Å²) in [7, 11) is 1.26. The average Bonchev–Trinajstić information content (AvgIpc) is 2.92. The van der Waals surface area contributed by atoms with Crippen molar-refractivity contribution in [1.29, 1.82) is 0 Å². The number of rotatable bonds is 5. The van der Waals surface area contributed by atoms with Crippen LogP contribution >= 0.6 is 11.3 Å². The highest BCUT2D eigenvalue weighted by atomic mass is 32.1. The Bertz CT molecular complexity index is 869. The van der Waals surface area contributed by atoms with Gasteiger partial charge in [0.1, 0.15) is 9.88 Å². The summed E-state index contributed by atoms with van der Waals surface area (Å²) in [6, 6.07) is 5.34. The molecule has 1 N–H and O–H groups in total. The lowest BCUT2D eigenvalue weighted by Crippen LogP contribution is -2.15. The van der Waals surface area contributed by atoms with E-state index in [4.69, 9.17) is 9.47 Å². The predicted octanol–water partition coefficient (Wildman–Crippen LogP) is 3.89. The zero-order valence-electron chi connectivity index (χ0n) is 15.4. The highest BCUT2D eigenvalue weighted by Crippen LogP contribution is 2.34. The molecule has 6 nitrogen and oxygen atoms in total. The van der Waals surface area contributed by atoms with Crippen molar-refractivity contribution in [3.63, 3.8) is 0 Å². The Morgan fingerprint density at radius 2 is 1.77 bits per heavy atom. The second kappa shape index (κ2) is 8.14. The van der Waals surface area contributed by atoms with E-state index in [1.165, 1.54) is 7.11 Å². The van der Waals surface area contributed by atoms with Crippen LogP contribution in [-0.2, 0) is 9.47 Å². The molecule has 1 amide bonds. The van der Waals surface area contributed by atoms with Crippen LogP contribution < -0.4 is 5.32 Å². The summed E-state index contributed by atoms with van der Waals surface area (Å²) in [5.74, 6) is -1.52. The van der Waals surface area contributed by atoms with E-state index < -0.39 is 11.9 Å². The van der Waals surface area contributed by atoms with E-state index in [9.17, 15) is 14.4 Å². The Kier molecular flexibility index (Phi) is 6.15. The van der Waals surface area contributed by atoms with Gasteiger partial charge in [0.05, 0.1) is 19.3 Å². The molecule has 0 spiro atoms. The summed E-state index contributed by atoms with van der Waals surface area (Å²) in [6.45, 7) is 7.38. The number of hydrogen-bond donors (Lipinski definition) is 1. The van der Waals surface area contributed by atoms with Crippen LogP contribution in [0.4, 0.5) is 5.00 Å². The van der Waals surface area contributed by atoms with Crippen molar-refractivity contribution < 1.29 is 23.9 Å². The highest BCUT2D eigenvalue weighted by molar-refractivity contribution is 7.18. The third kappa shape index (κ3) is 3.94. The Balaban J connectivity index is 2.43. The van der Waals surface area contributed by atoms with Gasteiger partial charge in [0.2, 0.25) is 0 Å². The number of carbonyl (C=O) groups excluding carboxylic acids is 3. The maximum Gasteiger partial charge on any atom is 0.348 e. The minimum absolute atomic E-state index is 0.175. The van der Waals surface area contributed by atoms with Gasteiger partial charge in [-0.2, -0.15) is 0 Å². The number of esters is 2. The number of ether oxygens (including phenoxy) is 2. The molecule has 0 atom stereocenters. The molecule has 7 heteroatoms. The maximum absolute atomic E-state index is 12.6. The SMILES string of the molecule is CCOC(=O)c1c(NC(=O)c2ccc(C)c(C)c2)sc(C(=O)OC)c1C.